The van der Waals surface area contributed by atoms with E-state index in [2.05, 4.69) is 9.47 Å². The van der Waals surface area contributed by atoms with Gasteiger partial charge in [-0.2, -0.15) is 8.61 Å². The molecule has 0 heterocycles. The van der Waals surface area contributed by atoms with Crippen LogP contribution in [0.2, 0.25) is 0 Å². The van der Waals surface area contributed by atoms with E-state index < -0.39 is 106 Å². The number of carbonyl (C=O) groups is 2. The fourth-order valence-electron chi connectivity index (χ4n) is 2.27. The maximum Gasteiger partial charge on any atom is 0.499 e. The molecule has 41 heavy (non-hydrogen) atoms. The Bertz CT molecular complexity index is 1040. The maximum atomic E-state index is 12.9. The Morgan fingerprint density at radius 1 is 0.610 bits per heavy atom. The normalized spacial score (nSPS) is 16.2. The zero-order valence-corrected chi connectivity index (χ0v) is 20.2. The fraction of sp³-hybridized carbons (Fsp3) is 0.778. The van der Waals surface area contributed by atoms with Crippen molar-refractivity contribution in [1.29, 1.82) is 0 Å². The van der Waals surface area contributed by atoms with Crippen LogP contribution < -0.4 is 0 Å². The summed E-state index contributed by atoms with van der Waals surface area (Å²) in [5.74, 6) is 0. The van der Waals surface area contributed by atoms with Crippen molar-refractivity contribution in [2.75, 3.05) is 33.1 Å². The van der Waals surface area contributed by atoms with Gasteiger partial charge in [0.25, 0.3) is 0 Å². The van der Waals surface area contributed by atoms with Gasteiger partial charge < -0.3 is 19.7 Å². The van der Waals surface area contributed by atoms with E-state index in [1.807, 2.05) is 0 Å². The van der Waals surface area contributed by atoms with Crippen LogP contribution in [-0.4, -0.2) is 95.1 Å². The molecule has 0 aromatic rings. The van der Waals surface area contributed by atoms with E-state index in [0.717, 1.165) is 0 Å². The highest BCUT2D eigenvalue weighted by Gasteiger charge is 2.77. The number of nitro groups is 4. The highest BCUT2D eigenvalue weighted by Crippen LogP contribution is 3.00. The van der Waals surface area contributed by atoms with Crippen LogP contribution in [0.4, 0.5) is 48.4 Å². The van der Waals surface area contributed by atoms with Crippen LogP contribution >= 0.6 is 20.8 Å². The fourth-order valence-corrected chi connectivity index (χ4v) is 3.76. The zero-order chi connectivity index (χ0) is 33.4. The number of rotatable bonds is 16. The average molecular weight is 682 g/mol. The van der Waals surface area contributed by atoms with E-state index in [1.54, 1.807) is 0 Å². The largest absolute Gasteiger partial charge is 0.499 e. The second-order valence-corrected chi connectivity index (χ2v) is 11.9. The number of ether oxygens (including phenoxy) is 2. The van der Waals surface area contributed by atoms with E-state index in [9.17, 15) is 88.9 Å². The molecule has 2 amide bonds. The summed E-state index contributed by atoms with van der Waals surface area (Å²) < 4.78 is 131. The first-order valence-corrected chi connectivity index (χ1v) is 12.6. The highest BCUT2D eigenvalue weighted by molar-refractivity contribution is 8.44. The molecule has 0 aliphatic carbocycles. The minimum atomic E-state index is -11.5. The lowest BCUT2D eigenvalue weighted by Crippen LogP contribution is -2.61. The molecule has 0 fully saturated rings. The number of hydrogen-bond acceptors (Lipinski definition) is 12. The first kappa shape index (κ1) is 37.1. The standard InChI is InChI=1S/C9H12F10N6O14S2/c10-40(11,12,13,14)20(6(26)27)1-8(22(30)31,23(32)33)3-38-5-39-4-9(24(34)35,25(36)37)2-21(7(28)29)41(15,16,17,18)19/h1-5H2,(H,26,27)(H,28,29). The Morgan fingerprint density at radius 2 is 0.829 bits per heavy atom. The molecule has 0 atom stereocenters. The Balaban J connectivity index is 6.20. The first-order valence-electron chi connectivity index (χ1n) is 8.77. The van der Waals surface area contributed by atoms with E-state index in [0.29, 0.717) is 0 Å². The van der Waals surface area contributed by atoms with E-state index in [-0.39, 0.29) is 0 Å². The van der Waals surface area contributed by atoms with Crippen LogP contribution in [0.1, 0.15) is 0 Å². The summed E-state index contributed by atoms with van der Waals surface area (Å²) in [5.41, 5.74) is -9.38. The molecule has 0 aromatic heterocycles. The van der Waals surface area contributed by atoms with Crippen molar-refractivity contribution in [3.63, 3.8) is 0 Å². The predicted octanol–water partition coefficient (Wildman–Crippen LogP) is 3.86. The Hall–Kier alpha value is -3.94. The van der Waals surface area contributed by atoms with Crippen LogP contribution in [-0.2, 0) is 9.47 Å². The van der Waals surface area contributed by atoms with Gasteiger partial charge in [-0.1, -0.05) is 38.9 Å². The molecule has 244 valence electrons. The summed E-state index contributed by atoms with van der Waals surface area (Å²) >= 11 is 0. The number of nitrogens with zero attached hydrogens (tertiary/aromatic N) is 6. The molecule has 0 aliphatic rings. The summed E-state index contributed by atoms with van der Waals surface area (Å²) in [7, 11) is -22.9. The second-order valence-electron chi connectivity index (χ2n) is 7.30. The van der Waals surface area contributed by atoms with Crippen molar-refractivity contribution < 1.29 is 87.8 Å². The average Bonchev–Trinajstić information content (AvgIpc) is 2.66. The first-order chi connectivity index (χ1) is 17.5. The third-order valence-electron chi connectivity index (χ3n) is 4.25. The van der Waals surface area contributed by atoms with Gasteiger partial charge in [0.05, 0.1) is 0 Å². The molecule has 2 N–H and O–H groups in total. The molecule has 0 aliphatic heterocycles. The summed E-state index contributed by atoms with van der Waals surface area (Å²) in [5, 5.41) is 61.3. The lowest BCUT2D eigenvalue weighted by atomic mass is 10.2. The minimum Gasteiger partial charge on any atom is -0.464 e. The maximum absolute atomic E-state index is 12.9. The molecule has 0 unspecified atom stereocenters. The molecule has 0 rings (SSSR count). The monoisotopic (exact) mass is 682 g/mol. The summed E-state index contributed by atoms with van der Waals surface area (Å²) in [4.78, 5) is 56.3. The van der Waals surface area contributed by atoms with Crippen molar-refractivity contribution >= 4 is 33.0 Å². The zero-order valence-electron chi connectivity index (χ0n) is 18.6. The quantitative estimate of drug-likeness (QED) is 0.0769. The van der Waals surface area contributed by atoms with Gasteiger partial charge in [0.2, 0.25) is 0 Å². The molecule has 32 heteroatoms. The van der Waals surface area contributed by atoms with Gasteiger partial charge in [-0.25, -0.2) is 9.59 Å². The van der Waals surface area contributed by atoms with Gasteiger partial charge >= 0.3 is 44.3 Å². The van der Waals surface area contributed by atoms with Crippen LogP contribution in [0, 0.1) is 40.5 Å². The Kier molecular flexibility index (Phi) is 8.40. The highest BCUT2D eigenvalue weighted by atomic mass is 32.5. The molecular formula is C9H12F10N6O14S2. The third-order valence-corrected chi connectivity index (χ3v) is 6.48. The Labute approximate surface area is 215 Å². The van der Waals surface area contributed by atoms with Crippen molar-refractivity contribution in [3.8, 4) is 0 Å². The molecule has 0 aromatic carbocycles. The van der Waals surface area contributed by atoms with Gasteiger partial charge in [-0.15, -0.1) is 0 Å². The SMILES string of the molecule is O=C(O)N(CC(COCOCC(CN(C(=O)O)S(F)(F)(F)(F)F)([N+](=O)[O-])[N+](=O)[O-])([N+](=O)[O-])[N+](=O)[O-])S(F)(F)(F)(F)F. The number of hydrogen-bond donors (Lipinski definition) is 2. The molecule has 0 bridgehead atoms. The van der Waals surface area contributed by atoms with Crippen LogP contribution in [0.15, 0.2) is 0 Å². The minimum absolute atomic E-state index is 2.10. The molecule has 0 saturated heterocycles. The van der Waals surface area contributed by atoms with E-state index >= 15 is 0 Å². The van der Waals surface area contributed by atoms with Gasteiger partial charge in [0.15, 0.2) is 26.3 Å². The smallest absolute Gasteiger partial charge is 0.464 e. The predicted molar refractivity (Wildman–Crippen MR) is 106 cm³/mol. The second kappa shape index (κ2) is 9.29. The van der Waals surface area contributed by atoms with E-state index in [4.69, 9.17) is 10.2 Å². The Morgan fingerprint density at radius 3 is 0.976 bits per heavy atom. The summed E-state index contributed by atoms with van der Waals surface area (Å²) in [6, 6.07) is 0. The summed E-state index contributed by atoms with van der Waals surface area (Å²) in [6.07, 6.45) is -7.38. The van der Waals surface area contributed by atoms with Crippen molar-refractivity contribution in [2.45, 2.75) is 11.3 Å². The molecule has 0 radical (unpaired) electrons. The lowest BCUT2D eigenvalue weighted by molar-refractivity contribution is -0.799. The van der Waals surface area contributed by atoms with Crippen molar-refractivity contribution in [2.24, 2.45) is 0 Å². The van der Waals surface area contributed by atoms with Gasteiger partial charge in [0, 0.05) is 0 Å². The van der Waals surface area contributed by atoms with Crippen molar-refractivity contribution in [3.05, 3.63) is 40.5 Å². The summed E-state index contributed by atoms with van der Waals surface area (Å²) in [6.45, 7) is -13.8. The molecule has 20 nitrogen and oxygen atoms in total. The molecule has 0 saturated carbocycles. The third kappa shape index (κ3) is 9.03. The lowest BCUT2D eigenvalue weighted by Gasteiger charge is -2.47. The topological polar surface area (TPSA) is 272 Å². The van der Waals surface area contributed by atoms with Crippen molar-refractivity contribution in [1.82, 2.24) is 8.61 Å². The van der Waals surface area contributed by atoms with E-state index in [1.165, 1.54) is 0 Å². The van der Waals surface area contributed by atoms with Crippen LogP contribution in [0.3, 0.4) is 0 Å². The van der Waals surface area contributed by atoms with Gasteiger partial charge in [0.1, 0.15) is 26.5 Å². The number of amides is 2. The van der Waals surface area contributed by atoms with Gasteiger partial charge in [-0.05, 0) is 0 Å². The van der Waals surface area contributed by atoms with Crippen LogP contribution in [0.5, 0.6) is 0 Å². The van der Waals surface area contributed by atoms with Crippen LogP contribution in [0.25, 0.3) is 0 Å². The number of carboxylic acid groups (broad SMARTS) is 2. The van der Waals surface area contributed by atoms with Gasteiger partial charge in [-0.3, -0.25) is 40.5 Å². The number of halogens is 10. The molecular weight excluding hydrogens is 670 g/mol. The molecule has 0 spiro atoms.